The van der Waals surface area contributed by atoms with Gasteiger partial charge in [-0.15, -0.1) is 11.8 Å². The molecule has 2 atom stereocenters. The first-order valence-electron chi connectivity index (χ1n) is 8.14. The summed E-state index contributed by atoms with van der Waals surface area (Å²) >= 11 is 1.87. The summed E-state index contributed by atoms with van der Waals surface area (Å²) in [6, 6.07) is 0.976. The van der Waals surface area contributed by atoms with E-state index in [0.717, 1.165) is 57.6 Å². The number of hydrogen-bond donors (Lipinski definition) is 1. The molecule has 3 fully saturated rings. The first kappa shape index (κ1) is 14.7. The molecule has 0 radical (unpaired) electrons. The van der Waals surface area contributed by atoms with Crippen molar-refractivity contribution in [2.75, 3.05) is 31.9 Å². The van der Waals surface area contributed by atoms with Gasteiger partial charge < -0.3 is 10.6 Å². The topological polar surface area (TPSA) is 49.6 Å². The highest BCUT2D eigenvalue weighted by Crippen LogP contribution is 2.28. The van der Waals surface area contributed by atoms with Crippen LogP contribution in [0.15, 0.2) is 0 Å². The number of rotatable bonds is 2. The van der Waals surface area contributed by atoms with Gasteiger partial charge in [0.05, 0.1) is 5.25 Å². The maximum Gasteiger partial charge on any atom is 0.235 e. The molecule has 5 heteroatoms. The standard InChI is InChI=1S/C15H27N3OS/c16-12-4-7-17(8-5-12)13-6-9-18(11-13)15(19)14-3-1-2-10-20-14/h12-14H,1-11,16H2. The number of amides is 1. The van der Waals surface area contributed by atoms with Crippen LogP contribution in [0.4, 0.5) is 0 Å². The Balaban J connectivity index is 1.50. The van der Waals surface area contributed by atoms with Crippen LogP contribution in [-0.2, 0) is 4.79 Å². The molecule has 0 saturated carbocycles. The lowest BCUT2D eigenvalue weighted by atomic mass is 10.0. The fraction of sp³-hybridized carbons (Fsp3) is 0.933. The van der Waals surface area contributed by atoms with Crippen molar-refractivity contribution in [3.8, 4) is 0 Å². The van der Waals surface area contributed by atoms with Crippen molar-refractivity contribution in [1.29, 1.82) is 0 Å². The molecule has 3 aliphatic rings. The van der Waals surface area contributed by atoms with Gasteiger partial charge in [-0.2, -0.15) is 0 Å². The van der Waals surface area contributed by atoms with Crippen molar-refractivity contribution in [2.24, 2.45) is 5.73 Å². The van der Waals surface area contributed by atoms with Crippen LogP contribution in [-0.4, -0.2) is 65.0 Å². The Morgan fingerprint density at radius 1 is 1.05 bits per heavy atom. The average molecular weight is 297 g/mol. The minimum atomic E-state index is 0.247. The summed E-state index contributed by atoms with van der Waals surface area (Å²) in [7, 11) is 0. The fourth-order valence-electron chi connectivity index (χ4n) is 3.66. The highest BCUT2D eigenvalue weighted by molar-refractivity contribution is 8.00. The molecule has 0 aromatic carbocycles. The van der Waals surface area contributed by atoms with E-state index in [2.05, 4.69) is 9.80 Å². The van der Waals surface area contributed by atoms with Gasteiger partial charge in [-0.25, -0.2) is 0 Å². The summed E-state index contributed by atoms with van der Waals surface area (Å²) in [6.07, 6.45) is 6.98. The predicted octanol–water partition coefficient (Wildman–Crippen LogP) is 1.30. The van der Waals surface area contributed by atoms with E-state index in [1.807, 2.05) is 11.8 Å². The molecule has 3 saturated heterocycles. The SMILES string of the molecule is NC1CCN(C2CCN(C(=O)C3CCCCS3)C2)CC1. The van der Waals surface area contributed by atoms with E-state index in [1.54, 1.807) is 0 Å². The summed E-state index contributed by atoms with van der Waals surface area (Å²) in [5.41, 5.74) is 5.97. The lowest BCUT2D eigenvalue weighted by Gasteiger charge is -2.35. The zero-order chi connectivity index (χ0) is 13.9. The van der Waals surface area contributed by atoms with E-state index >= 15 is 0 Å². The van der Waals surface area contributed by atoms with Crippen molar-refractivity contribution < 1.29 is 4.79 Å². The monoisotopic (exact) mass is 297 g/mol. The van der Waals surface area contributed by atoms with Crippen molar-refractivity contribution in [2.45, 2.75) is 55.9 Å². The average Bonchev–Trinajstić information content (AvgIpc) is 2.98. The van der Waals surface area contributed by atoms with Gasteiger partial charge in [-0.3, -0.25) is 9.69 Å². The summed E-state index contributed by atoms with van der Waals surface area (Å²) in [5, 5.41) is 0.247. The minimum Gasteiger partial charge on any atom is -0.340 e. The lowest BCUT2D eigenvalue weighted by Crippen LogP contribution is -2.47. The highest BCUT2D eigenvalue weighted by Gasteiger charge is 2.35. The second-order valence-electron chi connectivity index (χ2n) is 6.46. The van der Waals surface area contributed by atoms with Crippen molar-refractivity contribution in [1.82, 2.24) is 9.80 Å². The molecule has 0 aromatic heterocycles. The van der Waals surface area contributed by atoms with Gasteiger partial charge in [0, 0.05) is 25.2 Å². The van der Waals surface area contributed by atoms with Gasteiger partial charge in [0.15, 0.2) is 0 Å². The van der Waals surface area contributed by atoms with E-state index < -0.39 is 0 Å². The number of nitrogens with zero attached hydrogens (tertiary/aromatic N) is 2. The summed E-state index contributed by atoms with van der Waals surface area (Å²) in [6.45, 7) is 4.15. The molecule has 20 heavy (non-hydrogen) atoms. The molecule has 3 heterocycles. The second kappa shape index (κ2) is 6.67. The van der Waals surface area contributed by atoms with E-state index in [0.29, 0.717) is 18.0 Å². The molecular weight excluding hydrogens is 270 g/mol. The van der Waals surface area contributed by atoms with Crippen molar-refractivity contribution >= 4 is 17.7 Å². The smallest absolute Gasteiger partial charge is 0.235 e. The first-order valence-corrected chi connectivity index (χ1v) is 9.19. The number of nitrogens with two attached hydrogens (primary N) is 1. The summed E-state index contributed by atoms with van der Waals surface area (Å²) in [4.78, 5) is 17.2. The molecule has 0 aromatic rings. The van der Waals surface area contributed by atoms with Crippen molar-refractivity contribution in [3.05, 3.63) is 0 Å². The van der Waals surface area contributed by atoms with Crippen LogP contribution >= 0.6 is 11.8 Å². The van der Waals surface area contributed by atoms with E-state index in [4.69, 9.17) is 5.73 Å². The maximum atomic E-state index is 12.5. The zero-order valence-corrected chi connectivity index (χ0v) is 13.1. The highest BCUT2D eigenvalue weighted by atomic mass is 32.2. The van der Waals surface area contributed by atoms with E-state index in [-0.39, 0.29) is 5.25 Å². The van der Waals surface area contributed by atoms with Crippen LogP contribution < -0.4 is 5.73 Å². The van der Waals surface area contributed by atoms with Gasteiger partial charge in [-0.1, -0.05) is 6.42 Å². The molecule has 0 aliphatic carbocycles. The van der Waals surface area contributed by atoms with Gasteiger partial charge in [0.2, 0.25) is 5.91 Å². The molecule has 1 amide bonds. The van der Waals surface area contributed by atoms with Crippen LogP contribution in [0.1, 0.15) is 38.5 Å². The third-order valence-corrected chi connectivity index (χ3v) is 6.38. The molecule has 2 unspecified atom stereocenters. The van der Waals surface area contributed by atoms with Gasteiger partial charge >= 0.3 is 0 Å². The molecule has 4 nitrogen and oxygen atoms in total. The largest absolute Gasteiger partial charge is 0.340 e. The Hall–Kier alpha value is -0.260. The number of piperidine rings is 1. The number of carbonyl (C=O) groups is 1. The first-order chi connectivity index (χ1) is 9.74. The number of likely N-dealkylation sites (tertiary alicyclic amines) is 2. The normalized spacial score (nSPS) is 33.5. The van der Waals surface area contributed by atoms with Crippen LogP contribution in [0.25, 0.3) is 0 Å². The molecule has 2 N–H and O–H groups in total. The quantitative estimate of drug-likeness (QED) is 0.834. The van der Waals surface area contributed by atoms with Crippen LogP contribution in [0.2, 0.25) is 0 Å². The maximum absolute atomic E-state index is 12.5. The second-order valence-corrected chi connectivity index (χ2v) is 7.77. The van der Waals surface area contributed by atoms with Crippen LogP contribution in [0, 0.1) is 0 Å². The van der Waals surface area contributed by atoms with Crippen LogP contribution in [0.5, 0.6) is 0 Å². The molecule has 3 aliphatic heterocycles. The lowest BCUT2D eigenvalue weighted by molar-refractivity contribution is -0.130. The Bertz CT molecular complexity index is 338. The molecule has 0 spiro atoms. The molecule has 3 rings (SSSR count). The number of thioether (sulfide) groups is 1. The van der Waals surface area contributed by atoms with Gasteiger partial charge in [-0.05, 0) is 50.9 Å². The number of carbonyl (C=O) groups excluding carboxylic acids is 1. The minimum absolute atomic E-state index is 0.247. The third kappa shape index (κ3) is 3.31. The van der Waals surface area contributed by atoms with Crippen molar-refractivity contribution in [3.63, 3.8) is 0 Å². The van der Waals surface area contributed by atoms with Gasteiger partial charge in [0.25, 0.3) is 0 Å². The summed E-state index contributed by atoms with van der Waals surface area (Å²) in [5.74, 6) is 1.57. The molecule has 114 valence electrons. The third-order valence-electron chi connectivity index (χ3n) is 5.02. The van der Waals surface area contributed by atoms with Crippen LogP contribution in [0.3, 0.4) is 0 Å². The Morgan fingerprint density at radius 2 is 1.85 bits per heavy atom. The Kier molecular flexibility index (Phi) is 4.89. The van der Waals surface area contributed by atoms with E-state index in [1.165, 1.54) is 12.8 Å². The number of hydrogen-bond acceptors (Lipinski definition) is 4. The Morgan fingerprint density at radius 3 is 2.55 bits per heavy atom. The molecule has 0 bridgehead atoms. The Labute approximate surface area is 126 Å². The summed E-state index contributed by atoms with van der Waals surface area (Å²) < 4.78 is 0. The zero-order valence-electron chi connectivity index (χ0n) is 12.3. The predicted molar refractivity (Wildman–Crippen MR) is 83.9 cm³/mol. The molecular formula is C15H27N3OS. The van der Waals surface area contributed by atoms with E-state index in [9.17, 15) is 4.79 Å². The fourth-order valence-corrected chi connectivity index (χ4v) is 4.94. The van der Waals surface area contributed by atoms with Gasteiger partial charge in [0.1, 0.15) is 0 Å².